The fourth-order valence-corrected chi connectivity index (χ4v) is 2.81. The van der Waals surface area contributed by atoms with Gasteiger partial charge < -0.3 is 26.7 Å². The number of esters is 2. The van der Waals surface area contributed by atoms with Crippen LogP contribution in [-0.4, -0.2) is 49.6 Å². The summed E-state index contributed by atoms with van der Waals surface area (Å²) >= 11 is 0. The maximum Gasteiger partial charge on any atom is 0.318 e. The Kier molecular flexibility index (Phi) is 13.3. The quantitative estimate of drug-likeness (QED) is 0.490. The zero-order chi connectivity index (χ0) is 17.6. The van der Waals surface area contributed by atoms with Gasteiger partial charge in [0.1, 0.15) is 18.1 Å². The van der Waals surface area contributed by atoms with E-state index >= 15 is 0 Å². The van der Waals surface area contributed by atoms with Gasteiger partial charge in [0.05, 0.1) is 12.7 Å². The van der Waals surface area contributed by atoms with E-state index in [4.69, 9.17) is 14.2 Å². The van der Waals surface area contributed by atoms with Gasteiger partial charge in [0, 0.05) is 39.8 Å². The Balaban J connectivity index is 0. The first-order valence-corrected chi connectivity index (χ1v) is 8.07. The molecule has 1 saturated carbocycles. The van der Waals surface area contributed by atoms with Gasteiger partial charge in [0.2, 0.25) is 0 Å². The van der Waals surface area contributed by atoms with Crippen molar-refractivity contribution in [2.75, 3.05) is 20.3 Å². The smallest absolute Gasteiger partial charge is 0.318 e. The number of methoxy groups -OCH3 is 1. The third kappa shape index (κ3) is 7.94. The first kappa shape index (κ1) is 27.1. The van der Waals surface area contributed by atoms with Crippen LogP contribution >= 0.6 is 0 Å². The maximum atomic E-state index is 12.4. The molecule has 4 atom stereocenters. The first-order valence-electron chi connectivity index (χ1n) is 8.07. The second-order valence-electron chi connectivity index (χ2n) is 6.91. The minimum absolute atomic E-state index is 0. The van der Waals surface area contributed by atoms with Gasteiger partial charge in [-0.3, -0.25) is 16.5 Å². The summed E-state index contributed by atoms with van der Waals surface area (Å²) in [4.78, 5) is 23.2. The van der Waals surface area contributed by atoms with Gasteiger partial charge in [-0.05, 0) is 38.0 Å². The van der Waals surface area contributed by atoms with Crippen molar-refractivity contribution in [1.29, 1.82) is 0 Å². The summed E-state index contributed by atoms with van der Waals surface area (Å²) in [7, 11) is 1.62. The van der Waals surface area contributed by atoms with Crippen molar-refractivity contribution in [3.63, 3.8) is 0 Å². The normalized spacial score (nSPS) is 25.1. The number of aliphatic hydroxyl groups excluding tert-OH is 1. The Morgan fingerprint density at radius 1 is 1.28 bits per heavy atom. The number of carbonyl (C=O) groups is 2. The Hall–Kier alpha value is -0.166. The standard InChI is InChI=1S/C17H29O6.CH3.Y/c1-11(2)13-6-7-14(15(8-13)21-5)23-16(20)17(4,9-18)10-22-12(3)19;;/h11,13-15,18H,3,6-10H2,1-2,4-5H3;1H3;/q2*-1;/t13-,14-,15-,17+;;/m1../s1. The monoisotopic (exact) mass is 433 g/mol. The van der Waals surface area contributed by atoms with Crippen LogP contribution in [0.1, 0.15) is 40.0 Å². The molecule has 0 amide bonds. The van der Waals surface area contributed by atoms with E-state index in [9.17, 15) is 14.7 Å². The van der Waals surface area contributed by atoms with Gasteiger partial charge in [-0.2, -0.15) is 0 Å². The van der Waals surface area contributed by atoms with E-state index in [0.717, 1.165) is 19.3 Å². The molecule has 25 heavy (non-hydrogen) atoms. The molecule has 1 aliphatic rings. The Bertz CT molecular complexity index is 414. The van der Waals surface area contributed by atoms with Crippen LogP contribution in [-0.2, 0) is 56.5 Å². The van der Waals surface area contributed by atoms with Crippen LogP contribution in [0.3, 0.4) is 0 Å². The molecule has 7 heteroatoms. The number of hydrogen-bond donors (Lipinski definition) is 1. The van der Waals surface area contributed by atoms with Gasteiger partial charge >= 0.3 is 5.97 Å². The van der Waals surface area contributed by atoms with E-state index in [1.54, 1.807) is 7.11 Å². The number of ether oxygens (including phenoxy) is 3. The fourth-order valence-electron chi connectivity index (χ4n) is 2.81. The SMILES string of the molecule is [CH2-]C(=O)OC[C@](C)(CO)C(=O)O[C@@H]1CC[C@@H](C(C)C)C[C@H]1OC.[CH3-].[Y]. The van der Waals surface area contributed by atoms with E-state index in [0.29, 0.717) is 11.8 Å². The second-order valence-corrected chi connectivity index (χ2v) is 6.91. The summed E-state index contributed by atoms with van der Waals surface area (Å²) in [6, 6.07) is 0. The summed E-state index contributed by atoms with van der Waals surface area (Å²) in [5.74, 6) is -0.226. The molecule has 145 valence electrons. The van der Waals surface area contributed by atoms with Gasteiger partial charge in [-0.15, -0.1) is 0 Å². The molecule has 1 fully saturated rings. The van der Waals surface area contributed by atoms with Gasteiger partial charge in [0.15, 0.2) is 5.97 Å². The van der Waals surface area contributed by atoms with Crippen LogP contribution in [0.5, 0.6) is 0 Å². The minimum Gasteiger partial charge on any atom is -0.487 e. The van der Waals surface area contributed by atoms with E-state index < -0.39 is 24.0 Å². The predicted octanol–water partition coefficient (Wildman–Crippen LogP) is 2.19. The largest absolute Gasteiger partial charge is 0.487 e. The van der Waals surface area contributed by atoms with Crippen molar-refractivity contribution >= 4 is 11.9 Å². The minimum atomic E-state index is -1.29. The number of hydrogen-bond acceptors (Lipinski definition) is 6. The molecule has 0 aromatic carbocycles. The third-order valence-electron chi connectivity index (χ3n) is 4.67. The van der Waals surface area contributed by atoms with Crippen molar-refractivity contribution in [2.24, 2.45) is 17.3 Å². The van der Waals surface area contributed by atoms with Crippen LogP contribution in [0.25, 0.3) is 0 Å². The van der Waals surface area contributed by atoms with Crippen LogP contribution in [0, 0.1) is 31.6 Å². The molecule has 0 bridgehead atoms. The molecule has 1 aliphatic carbocycles. The molecule has 0 aliphatic heterocycles. The van der Waals surface area contributed by atoms with Crippen LogP contribution in [0.15, 0.2) is 0 Å². The van der Waals surface area contributed by atoms with Gasteiger partial charge in [-0.25, -0.2) is 0 Å². The summed E-state index contributed by atoms with van der Waals surface area (Å²) in [5.41, 5.74) is -1.29. The number of rotatable bonds is 7. The van der Waals surface area contributed by atoms with Crippen molar-refractivity contribution < 1.29 is 61.6 Å². The summed E-state index contributed by atoms with van der Waals surface area (Å²) in [6.45, 7) is 8.21. The Labute approximate surface area is 177 Å². The van der Waals surface area contributed by atoms with E-state index in [1.165, 1.54) is 6.92 Å². The second kappa shape index (κ2) is 12.3. The third-order valence-corrected chi connectivity index (χ3v) is 4.67. The fraction of sp³-hybridized carbons (Fsp3) is 0.778. The average molecular weight is 433 g/mol. The molecule has 6 nitrogen and oxygen atoms in total. The van der Waals surface area contributed by atoms with E-state index in [2.05, 4.69) is 20.8 Å². The van der Waals surface area contributed by atoms with Gasteiger partial charge in [-0.1, -0.05) is 13.8 Å². The van der Waals surface area contributed by atoms with Crippen LogP contribution in [0.2, 0.25) is 0 Å². The zero-order valence-corrected chi connectivity index (χ0v) is 19.0. The van der Waals surface area contributed by atoms with Crippen molar-refractivity contribution in [3.8, 4) is 0 Å². The Morgan fingerprint density at radius 2 is 1.88 bits per heavy atom. The molecule has 0 saturated heterocycles. The molecule has 1 N–H and O–H groups in total. The summed E-state index contributed by atoms with van der Waals surface area (Å²) in [6.07, 6.45) is 2.04. The molecule has 1 rings (SSSR count). The van der Waals surface area contributed by atoms with Gasteiger partial charge in [0.25, 0.3) is 0 Å². The Morgan fingerprint density at radius 3 is 2.32 bits per heavy atom. The van der Waals surface area contributed by atoms with E-state index in [-0.39, 0.29) is 59.0 Å². The summed E-state index contributed by atoms with van der Waals surface area (Å²) in [5, 5.41) is 9.49. The topological polar surface area (TPSA) is 82.1 Å². The molecule has 0 unspecified atom stereocenters. The molecule has 1 radical (unpaired) electrons. The molecule has 0 spiro atoms. The molecule has 0 aromatic heterocycles. The number of aliphatic hydroxyl groups is 1. The molecule has 0 aromatic rings. The summed E-state index contributed by atoms with van der Waals surface area (Å²) < 4.78 is 15.8. The zero-order valence-electron chi connectivity index (χ0n) is 16.1. The molecular weight excluding hydrogens is 401 g/mol. The first-order chi connectivity index (χ1) is 10.7. The molecule has 0 heterocycles. The molecular formula is C18H32O6Y-2. The van der Waals surface area contributed by atoms with Crippen molar-refractivity contribution in [1.82, 2.24) is 0 Å². The number of carbonyl (C=O) groups excluding carboxylic acids is 2. The van der Waals surface area contributed by atoms with Crippen LogP contribution in [0.4, 0.5) is 0 Å². The predicted molar refractivity (Wildman–Crippen MR) is 90.8 cm³/mol. The maximum absolute atomic E-state index is 12.4. The van der Waals surface area contributed by atoms with Crippen molar-refractivity contribution in [3.05, 3.63) is 14.4 Å². The van der Waals surface area contributed by atoms with E-state index in [1.807, 2.05) is 0 Å². The van der Waals surface area contributed by atoms with Crippen molar-refractivity contribution in [2.45, 2.75) is 52.2 Å². The average Bonchev–Trinajstić information content (AvgIpc) is 2.52. The van der Waals surface area contributed by atoms with Crippen LogP contribution < -0.4 is 0 Å².